The summed E-state index contributed by atoms with van der Waals surface area (Å²) in [6.07, 6.45) is 7.81. The molecule has 1 fully saturated rings. The van der Waals surface area contributed by atoms with Gasteiger partial charge in [-0.05, 0) is 30.9 Å². The fourth-order valence-electron chi connectivity index (χ4n) is 2.92. The van der Waals surface area contributed by atoms with Gasteiger partial charge < -0.3 is 5.32 Å². The Kier molecular flexibility index (Phi) is 5.08. The van der Waals surface area contributed by atoms with Gasteiger partial charge in [0.25, 0.3) is 0 Å². The van der Waals surface area contributed by atoms with Crippen molar-refractivity contribution in [3.63, 3.8) is 0 Å². The second-order valence-electron chi connectivity index (χ2n) is 5.78. The standard InChI is InChI=1S/C16H24N2O/c1-12(2)18-15(13-8-4-3-5-9-13)16(19)14-10-6-7-11-17-14/h6-7,10-13,15,18H,3-5,8-9H2,1-2H3/t15-/m0/s1. The zero-order chi connectivity index (χ0) is 13.7. The molecule has 0 amide bonds. The molecule has 1 saturated carbocycles. The van der Waals surface area contributed by atoms with Crippen molar-refractivity contribution in [2.75, 3.05) is 0 Å². The van der Waals surface area contributed by atoms with Crippen molar-refractivity contribution in [1.29, 1.82) is 0 Å². The second-order valence-corrected chi connectivity index (χ2v) is 5.78. The van der Waals surface area contributed by atoms with Gasteiger partial charge in [0.15, 0.2) is 5.78 Å². The van der Waals surface area contributed by atoms with E-state index in [4.69, 9.17) is 0 Å². The van der Waals surface area contributed by atoms with E-state index in [9.17, 15) is 4.79 Å². The fourth-order valence-corrected chi connectivity index (χ4v) is 2.92. The largest absolute Gasteiger partial charge is 0.305 e. The molecule has 0 unspecified atom stereocenters. The molecule has 0 radical (unpaired) electrons. The molecule has 2 rings (SSSR count). The van der Waals surface area contributed by atoms with Crippen molar-refractivity contribution in [2.45, 2.75) is 58.0 Å². The van der Waals surface area contributed by atoms with Gasteiger partial charge >= 0.3 is 0 Å². The van der Waals surface area contributed by atoms with Gasteiger partial charge in [-0.3, -0.25) is 9.78 Å². The summed E-state index contributed by atoms with van der Waals surface area (Å²) in [4.78, 5) is 16.9. The molecule has 0 aromatic carbocycles. The predicted octanol–water partition coefficient (Wildman–Crippen LogP) is 3.21. The third kappa shape index (κ3) is 3.87. The number of hydrogen-bond donors (Lipinski definition) is 1. The summed E-state index contributed by atoms with van der Waals surface area (Å²) in [5.41, 5.74) is 0.589. The van der Waals surface area contributed by atoms with Crippen LogP contribution in [0.5, 0.6) is 0 Å². The maximum Gasteiger partial charge on any atom is 0.198 e. The van der Waals surface area contributed by atoms with Crippen LogP contribution in [0.1, 0.15) is 56.4 Å². The minimum absolute atomic E-state index is 0.0739. The molecule has 0 saturated heterocycles. The quantitative estimate of drug-likeness (QED) is 0.827. The van der Waals surface area contributed by atoms with E-state index in [0.717, 1.165) is 12.8 Å². The van der Waals surface area contributed by atoms with Crippen LogP contribution in [-0.2, 0) is 0 Å². The number of hydrogen-bond acceptors (Lipinski definition) is 3. The van der Waals surface area contributed by atoms with Gasteiger partial charge in [0.1, 0.15) is 5.69 Å². The van der Waals surface area contributed by atoms with Crippen LogP contribution in [-0.4, -0.2) is 22.9 Å². The van der Waals surface area contributed by atoms with E-state index in [1.807, 2.05) is 18.2 Å². The molecule has 104 valence electrons. The minimum atomic E-state index is -0.0739. The Hall–Kier alpha value is -1.22. The number of rotatable bonds is 5. The van der Waals surface area contributed by atoms with Gasteiger partial charge in [-0.15, -0.1) is 0 Å². The van der Waals surface area contributed by atoms with Gasteiger partial charge in [0.2, 0.25) is 0 Å². The lowest BCUT2D eigenvalue weighted by molar-refractivity contribution is 0.0873. The summed E-state index contributed by atoms with van der Waals surface area (Å²) >= 11 is 0. The van der Waals surface area contributed by atoms with Crippen molar-refractivity contribution in [1.82, 2.24) is 10.3 Å². The van der Waals surface area contributed by atoms with Crippen molar-refractivity contribution >= 4 is 5.78 Å². The third-order valence-electron chi connectivity index (χ3n) is 3.83. The first-order valence-corrected chi connectivity index (χ1v) is 7.40. The maximum atomic E-state index is 12.7. The van der Waals surface area contributed by atoms with E-state index in [1.165, 1.54) is 19.3 Å². The lowest BCUT2D eigenvalue weighted by atomic mass is 9.81. The smallest absolute Gasteiger partial charge is 0.198 e. The number of pyridine rings is 1. The third-order valence-corrected chi connectivity index (χ3v) is 3.83. The summed E-state index contributed by atoms with van der Waals surface area (Å²) in [5, 5.41) is 3.46. The van der Waals surface area contributed by atoms with Crippen LogP contribution < -0.4 is 5.32 Å². The number of carbonyl (C=O) groups excluding carboxylic acids is 1. The Balaban J connectivity index is 2.14. The van der Waals surface area contributed by atoms with E-state index >= 15 is 0 Å². The number of aromatic nitrogens is 1. The summed E-state index contributed by atoms with van der Waals surface area (Å²) in [5.74, 6) is 0.617. The molecule has 1 atom stereocenters. The normalized spacial score (nSPS) is 18.5. The Labute approximate surface area is 115 Å². The summed E-state index contributed by atoms with van der Waals surface area (Å²) in [6.45, 7) is 4.20. The highest BCUT2D eigenvalue weighted by atomic mass is 16.1. The molecule has 0 bridgehead atoms. The highest BCUT2D eigenvalue weighted by Crippen LogP contribution is 2.28. The molecular formula is C16H24N2O. The van der Waals surface area contributed by atoms with Crippen LogP contribution in [0.4, 0.5) is 0 Å². The molecule has 1 aliphatic carbocycles. The number of Topliss-reactive ketones (excluding diaryl/α,β-unsaturated/α-hetero) is 1. The molecule has 1 aliphatic rings. The van der Waals surface area contributed by atoms with Crippen molar-refractivity contribution in [3.8, 4) is 0 Å². The number of ketones is 1. The number of nitrogens with one attached hydrogen (secondary N) is 1. The van der Waals surface area contributed by atoms with Gasteiger partial charge in [-0.2, -0.15) is 0 Å². The van der Waals surface area contributed by atoms with Gasteiger partial charge in [0, 0.05) is 12.2 Å². The van der Waals surface area contributed by atoms with Crippen LogP contribution in [0.3, 0.4) is 0 Å². The average Bonchev–Trinajstić information content (AvgIpc) is 2.46. The lowest BCUT2D eigenvalue weighted by Gasteiger charge is -2.31. The number of carbonyl (C=O) groups is 1. The predicted molar refractivity (Wildman–Crippen MR) is 77.2 cm³/mol. The summed E-state index contributed by atoms with van der Waals surface area (Å²) in [7, 11) is 0. The molecule has 0 spiro atoms. The topological polar surface area (TPSA) is 42.0 Å². The second kappa shape index (κ2) is 6.80. The Morgan fingerprint density at radius 2 is 2.00 bits per heavy atom. The Morgan fingerprint density at radius 3 is 2.58 bits per heavy atom. The molecule has 1 aromatic heterocycles. The first kappa shape index (κ1) is 14.2. The van der Waals surface area contributed by atoms with E-state index in [2.05, 4.69) is 24.1 Å². The van der Waals surface area contributed by atoms with Gasteiger partial charge in [-0.1, -0.05) is 39.2 Å². The molecule has 3 heteroatoms. The summed E-state index contributed by atoms with van der Waals surface area (Å²) in [6, 6.07) is 5.80. The van der Waals surface area contributed by atoms with E-state index in [-0.39, 0.29) is 11.8 Å². The lowest BCUT2D eigenvalue weighted by Crippen LogP contribution is -2.47. The number of nitrogens with zero attached hydrogens (tertiary/aromatic N) is 1. The highest BCUT2D eigenvalue weighted by Gasteiger charge is 2.30. The molecule has 19 heavy (non-hydrogen) atoms. The maximum absolute atomic E-state index is 12.7. The Morgan fingerprint density at radius 1 is 1.26 bits per heavy atom. The van der Waals surface area contributed by atoms with Crippen molar-refractivity contribution in [2.24, 2.45) is 5.92 Å². The molecule has 1 aromatic rings. The Bertz CT molecular complexity index is 396. The molecule has 1 N–H and O–H groups in total. The first-order valence-electron chi connectivity index (χ1n) is 7.40. The summed E-state index contributed by atoms with van der Waals surface area (Å²) < 4.78 is 0. The first-order chi connectivity index (χ1) is 9.18. The van der Waals surface area contributed by atoms with E-state index in [1.54, 1.807) is 6.20 Å². The average molecular weight is 260 g/mol. The minimum Gasteiger partial charge on any atom is -0.305 e. The van der Waals surface area contributed by atoms with Crippen molar-refractivity contribution < 1.29 is 4.79 Å². The van der Waals surface area contributed by atoms with Gasteiger partial charge in [0.05, 0.1) is 6.04 Å². The highest BCUT2D eigenvalue weighted by molar-refractivity contribution is 5.98. The SMILES string of the molecule is CC(C)N[C@H](C(=O)c1ccccn1)C1CCCCC1. The zero-order valence-corrected chi connectivity index (χ0v) is 11.9. The van der Waals surface area contributed by atoms with Crippen LogP contribution >= 0.6 is 0 Å². The van der Waals surface area contributed by atoms with Gasteiger partial charge in [-0.25, -0.2) is 0 Å². The molecule has 3 nitrogen and oxygen atoms in total. The zero-order valence-electron chi connectivity index (χ0n) is 11.9. The molecule has 0 aliphatic heterocycles. The van der Waals surface area contributed by atoms with E-state index in [0.29, 0.717) is 17.7 Å². The molecule has 1 heterocycles. The molecular weight excluding hydrogens is 236 g/mol. The van der Waals surface area contributed by atoms with Crippen LogP contribution in [0.15, 0.2) is 24.4 Å². The van der Waals surface area contributed by atoms with Crippen molar-refractivity contribution in [3.05, 3.63) is 30.1 Å². The van der Waals surface area contributed by atoms with Crippen LogP contribution in [0.25, 0.3) is 0 Å². The van der Waals surface area contributed by atoms with Crippen LogP contribution in [0.2, 0.25) is 0 Å². The monoisotopic (exact) mass is 260 g/mol. The fraction of sp³-hybridized carbons (Fsp3) is 0.625. The van der Waals surface area contributed by atoms with E-state index < -0.39 is 0 Å². The van der Waals surface area contributed by atoms with Crippen LogP contribution in [0, 0.1) is 5.92 Å².